The lowest BCUT2D eigenvalue weighted by Gasteiger charge is -2.35. The number of nitrogens with zero attached hydrogens (tertiary/aromatic N) is 2. The Morgan fingerprint density at radius 2 is 1.50 bits per heavy atom. The standard InChI is InChI=1S/C22H33N3O5/c1-22(2,3)30-21(28)23-12-11-20(27)25-15-13-24(14-16-25)19(26)10-7-17-29-18-8-5-4-6-9-18/h4-6,8-9H,7,10-17H2,1-3H3,(H,23,28). The number of amides is 3. The molecule has 3 amide bonds. The van der Waals surface area contributed by atoms with Crippen molar-refractivity contribution in [3.63, 3.8) is 0 Å². The fraction of sp³-hybridized carbons (Fsp3) is 0.591. The summed E-state index contributed by atoms with van der Waals surface area (Å²) in [5.74, 6) is 0.859. The average Bonchev–Trinajstić information content (AvgIpc) is 2.70. The van der Waals surface area contributed by atoms with Crippen molar-refractivity contribution in [3.8, 4) is 5.75 Å². The average molecular weight is 420 g/mol. The molecule has 1 fully saturated rings. The third-order valence-electron chi connectivity index (χ3n) is 4.54. The number of nitrogens with one attached hydrogen (secondary N) is 1. The second kappa shape index (κ2) is 11.4. The summed E-state index contributed by atoms with van der Waals surface area (Å²) in [6.07, 6.45) is 0.773. The summed E-state index contributed by atoms with van der Waals surface area (Å²) in [7, 11) is 0. The van der Waals surface area contributed by atoms with Gasteiger partial charge in [0, 0.05) is 45.6 Å². The van der Waals surface area contributed by atoms with Gasteiger partial charge in [-0.1, -0.05) is 18.2 Å². The van der Waals surface area contributed by atoms with Gasteiger partial charge < -0.3 is 24.6 Å². The fourth-order valence-electron chi connectivity index (χ4n) is 3.04. The molecule has 0 aliphatic carbocycles. The number of alkyl carbamates (subject to hydrolysis) is 1. The van der Waals surface area contributed by atoms with Gasteiger partial charge in [0.2, 0.25) is 11.8 Å². The van der Waals surface area contributed by atoms with Gasteiger partial charge in [0.25, 0.3) is 0 Å². The van der Waals surface area contributed by atoms with Crippen molar-refractivity contribution in [2.45, 2.75) is 45.6 Å². The third-order valence-corrected chi connectivity index (χ3v) is 4.54. The molecule has 2 rings (SSSR count). The molecule has 0 saturated carbocycles. The lowest BCUT2D eigenvalue weighted by Crippen LogP contribution is -2.51. The van der Waals surface area contributed by atoms with E-state index in [1.165, 1.54) is 0 Å². The topological polar surface area (TPSA) is 88.2 Å². The smallest absolute Gasteiger partial charge is 0.407 e. The van der Waals surface area contributed by atoms with Crippen LogP contribution in [-0.2, 0) is 14.3 Å². The molecule has 166 valence electrons. The highest BCUT2D eigenvalue weighted by Crippen LogP contribution is 2.11. The van der Waals surface area contributed by atoms with Gasteiger partial charge in [-0.15, -0.1) is 0 Å². The van der Waals surface area contributed by atoms with Crippen LogP contribution in [-0.4, -0.2) is 72.6 Å². The quantitative estimate of drug-likeness (QED) is 0.654. The van der Waals surface area contributed by atoms with Gasteiger partial charge in [0.15, 0.2) is 0 Å². The Hall–Kier alpha value is -2.77. The zero-order chi connectivity index (χ0) is 22.0. The predicted molar refractivity (Wildman–Crippen MR) is 113 cm³/mol. The highest BCUT2D eigenvalue weighted by atomic mass is 16.6. The molecular formula is C22H33N3O5. The van der Waals surface area contributed by atoms with Crippen molar-refractivity contribution >= 4 is 17.9 Å². The van der Waals surface area contributed by atoms with Crippen LogP contribution in [0, 0.1) is 0 Å². The number of carbonyl (C=O) groups excluding carboxylic acids is 3. The molecule has 0 bridgehead atoms. The molecule has 1 heterocycles. The van der Waals surface area contributed by atoms with Crippen LogP contribution >= 0.6 is 0 Å². The Kier molecular flexibility index (Phi) is 8.95. The zero-order valence-corrected chi connectivity index (χ0v) is 18.2. The van der Waals surface area contributed by atoms with Crippen LogP contribution in [0.5, 0.6) is 5.75 Å². The molecule has 1 N–H and O–H groups in total. The Morgan fingerprint density at radius 1 is 0.933 bits per heavy atom. The summed E-state index contributed by atoms with van der Waals surface area (Å²) in [6.45, 7) is 8.17. The predicted octanol–water partition coefficient (Wildman–Crippen LogP) is 2.43. The van der Waals surface area contributed by atoms with Crippen molar-refractivity contribution in [1.82, 2.24) is 15.1 Å². The number of piperazine rings is 1. The van der Waals surface area contributed by atoms with Gasteiger partial charge in [-0.05, 0) is 39.3 Å². The van der Waals surface area contributed by atoms with Crippen LogP contribution in [0.1, 0.15) is 40.0 Å². The molecule has 30 heavy (non-hydrogen) atoms. The molecule has 1 saturated heterocycles. The van der Waals surface area contributed by atoms with Crippen molar-refractivity contribution in [2.24, 2.45) is 0 Å². The van der Waals surface area contributed by atoms with Crippen LogP contribution in [0.25, 0.3) is 0 Å². The molecule has 0 aromatic heterocycles. The first kappa shape index (κ1) is 23.5. The molecule has 1 aromatic carbocycles. The first-order chi connectivity index (χ1) is 14.2. The van der Waals surface area contributed by atoms with Gasteiger partial charge in [-0.25, -0.2) is 4.79 Å². The van der Waals surface area contributed by atoms with E-state index in [1.807, 2.05) is 30.3 Å². The molecule has 1 aromatic rings. The Balaban J connectivity index is 1.58. The van der Waals surface area contributed by atoms with Crippen molar-refractivity contribution < 1.29 is 23.9 Å². The molecule has 0 unspecified atom stereocenters. The number of carbonyl (C=O) groups is 3. The van der Waals surface area contributed by atoms with Crippen molar-refractivity contribution in [3.05, 3.63) is 30.3 Å². The maximum absolute atomic E-state index is 12.4. The van der Waals surface area contributed by atoms with E-state index in [0.29, 0.717) is 45.6 Å². The molecule has 8 nitrogen and oxygen atoms in total. The minimum Gasteiger partial charge on any atom is -0.494 e. The second-order valence-corrected chi connectivity index (χ2v) is 8.21. The number of benzene rings is 1. The number of hydrogen-bond acceptors (Lipinski definition) is 5. The summed E-state index contributed by atoms with van der Waals surface area (Å²) in [5, 5.41) is 2.59. The molecule has 8 heteroatoms. The van der Waals surface area contributed by atoms with Gasteiger partial charge in [0.05, 0.1) is 6.61 Å². The summed E-state index contributed by atoms with van der Waals surface area (Å²) in [5.41, 5.74) is -0.565. The van der Waals surface area contributed by atoms with E-state index in [9.17, 15) is 14.4 Å². The van der Waals surface area contributed by atoms with E-state index in [1.54, 1.807) is 30.6 Å². The van der Waals surface area contributed by atoms with E-state index >= 15 is 0 Å². The summed E-state index contributed by atoms with van der Waals surface area (Å²) in [6, 6.07) is 9.53. The monoisotopic (exact) mass is 419 g/mol. The highest BCUT2D eigenvalue weighted by molar-refractivity contribution is 5.79. The van der Waals surface area contributed by atoms with Crippen molar-refractivity contribution in [1.29, 1.82) is 0 Å². The SMILES string of the molecule is CC(C)(C)OC(=O)NCCC(=O)N1CCN(C(=O)CCCOc2ccccc2)CC1. The Bertz CT molecular complexity index is 694. The van der Waals surface area contributed by atoms with Gasteiger partial charge >= 0.3 is 6.09 Å². The maximum Gasteiger partial charge on any atom is 0.407 e. The maximum atomic E-state index is 12.4. The number of hydrogen-bond donors (Lipinski definition) is 1. The Labute approximate surface area is 178 Å². The molecule has 0 atom stereocenters. The summed E-state index contributed by atoms with van der Waals surface area (Å²) < 4.78 is 10.8. The summed E-state index contributed by atoms with van der Waals surface area (Å²) >= 11 is 0. The van der Waals surface area contributed by atoms with Crippen molar-refractivity contribution in [2.75, 3.05) is 39.3 Å². The molecule has 0 radical (unpaired) electrons. The van der Waals surface area contributed by atoms with E-state index in [2.05, 4.69) is 5.32 Å². The van der Waals surface area contributed by atoms with Crippen LogP contribution in [0.3, 0.4) is 0 Å². The summed E-state index contributed by atoms with van der Waals surface area (Å²) in [4.78, 5) is 39.8. The normalized spacial score (nSPS) is 14.2. The van der Waals surface area contributed by atoms with E-state index in [-0.39, 0.29) is 24.8 Å². The lowest BCUT2D eigenvalue weighted by atomic mass is 10.2. The van der Waals surface area contributed by atoms with Crippen LogP contribution < -0.4 is 10.1 Å². The first-order valence-corrected chi connectivity index (χ1v) is 10.4. The van der Waals surface area contributed by atoms with E-state index in [4.69, 9.17) is 9.47 Å². The third kappa shape index (κ3) is 8.71. The Morgan fingerprint density at radius 3 is 2.07 bits per heavy atom. The van der Waals surface area contributed by atoms with Gasteiger partial charge in [-0.2, -0.15) is 0 Å². The molecule has 1 aliphatic rings. The van der Waals surface area contributed by atoms with E-state index < -0.39 is 11.7 Å². The first-order valence-electron chi connectivity index (χ1n) is 10.4. The highest BCUT2D eigenvalue weighted by Gasteiger charge is 2.24. The second-order valence-electron chi connectivity index (χ2n) is 8.21. The fourth-order valence-corrected chi connectivity index (χ4v) is 3.04. The van der Waals surface area contributed by atoms with Crippen LogP contribution in [0.2, 0.25) is 0 Å². The number of rotatable bonds is 8. The number of para-hydroxylation sites is 1. The largest absolute Gasteiger partial charge is 0.494 e. The number of ether oxygens (including phenoxy) is 2. The minimum atomic E-state index is -0.565. The van der Waals surface area contributed by atoms with Crippen LogP contribution in [0.4, 0.5) is 4.79 Å². The minimum absolute atomic E-state index is 0.0329. The van der Waals surface area contributed by atoms with Crippen LogP contribution in [0.15, 0.2) is 30.3 Å². The zero-order valence-electron chi connectivity index (χ0n) is 18.2. The molecular weight excluding hydrogens is 386 g/mol. The van der Waals surface area contributed by atoms with Gasteiger partial charge in [0.1, 0.15) is 11.4 Å². The lowest BCUT2D eigenvalue weighted by molar-refractivity contribution is -0.139. The molecule has 0 spiro atoms. The van der Waals surface area contributed by atoms with E-state index in [0.717, 1.165) is 5.75 Å². The molecule has 1 aliphatic heterocycles. The van der Waals surface area contributed by atoms with Gasteiger partial charge in [-0.3, -0.25) is 9.59 Å².